The quantitative estimate of drug-likeness (QED) is 0.860. The Kier molecular flexibility index (Phi) is 4.15. The normalized spacial score (nSPS) is 17.2. The Morgan fingerprint density at radius 2 is 1.81 bits per heavy atom. The van der Waals surface area contributed by atoms with Crippen LogP contribution in [0.25, 0.3) is 0 Å². The van der Waals surface area contributed by atoms with Crippen molar-refractivity contribution in [3.8, 4) is 5.75 Å². The van der Waals surface area contributed by atoms with Gasteiger partial charge in [-0.05, 0) is 61.6 Å². The first-order valence-electron chi connectivity index (χ1n) is 8.99. The number of nitrogens with zero attached hydrogens (tertiary/aromatic N) is 1. The lowest BCUT2D eigenvalue weighted by molar-refractivity contribution is -0.132. The first-order valence-corrected chi connectivity index (χ1v) is 8.99. The van der Waals surface area contributed by atoms with Crippen LogP contribution in [-0.4, -0.2) is 25.5 Å². The number of nitrogens with one attached hydrogen (secondary N) is 1. The van der Waals surface area contributed by atoms with E-state index in [2.05, 4.69) is 11.4 Å². The molecule has 5 nitrogen and oxygen atoms in total. The van der Waals surface area contributed by atoms with E-state index in [1.54, 1.807) is 36.3 Å². The minimum atomic E-state index is -0.926. The molecule has 1 aliphatic heterocycles. The predicted octanol–water partition coefficient (Wildman–Crippen LogP) is 3.39. The van der Waals surface area contributed by atoms with Crippen LogP contribution in [0.4, 0.5) is 11.4 Å². The van der Waals surface area contributed by atoms with Gasteiger partial charge in [0.2, 0.25) is 11.8 Å². The Balaban J connectivity index is 1.53. The molecule has 2 aromatic carbocycles. The molecule has 2 aromatic rings. The standard InChI is InChI=1S/C21H22N2O3/c1-26-17-10-8-16(9-11-17)22-19(24)21(12-13-21)20(25)23-14-4-6-15-5-2-3-7-18(15)23/h2-3,5,7-11H,4,6,12-14H2,1H3,(H,22,24). The Bertz CT molecular complexity index is 841. The molecule has 2 amide bonds. The molecule has 1 aliphatic carbocycles. The summed E-state index contributed by atoms with van der Waals surface area (Å²) in [5.74, 6) is 0.441. The number of para-hydroxylation sites is 1. The van der Waals surface area contributed by atoms with Crippen molar-refractivity contribution in [3.05, 3.63) is 54.1 Å². The van der Waals surface area contributed by atoms with Gasteiger partial charge in [0.15, 0.2) is 0 Å². The number of aryl methyl sites for hydroxylation is 1. The summed E-state index contributed by atoms with van der Waals surface area (Å²) in [6, 6.07) is 15.1. The number of hydrogen-bond donors (Lipinski definition) is 1. The van der Waals surface area contributed by atoms with Crippen LogP contribution < -0.4 is 15.0 Å². The molecule has 1 heterocycles. The van der Waals surface area contributed by atoms with Gasteiger partial charge in [-0.2, -0.15) is 0 Å². The number of hydrogen-bond acceptors (Lipinski definition) is 3. The van der Waals surface area contributed by atoms with Gasteiger partial charge in [-0.25, -0.2) is 0 Å². The third-order valence-corrected chi connectivity index (χ3v) is 5.30. The van der Waals surface area contributed by atoms with E-state index in [0.717, 1.165) is 24.3 Å². The number of rotatable bonds is 4. The maximum atomic E-state index is 13.2. The highest BCUT2D eigenvalue weighted by atomic mass is 16.5. The molecule has 5 heteroatoms. The molecular weight excluding hydrogens is 328 g/mol. The van der Waals surface area contributed by atoms with Gasteiger partial charge in [-0.1, -0.05) is 18.2 Å². The summed E-state index contributed by atoms with van der Waals surface area (Å²) in [6.45, 7) is 0.674. The average Bonchev–Trinajstić information content (AvgIpc) is 3.50. The summed E-state index contributed by atoms with van der Waals surface area (Å²) in [7, 11) is 1.60. The highest BCUT2D eigenvalue weighted by Crippen LogP contribution is 2.49. The molecule has 134 valence electrons. The molecular formula is C21H22N2O3. The van der Waals surface area contributed by atoms with Crippen LogP contribution in [0.5, 0.6) is 5.75 Å². The van der Waals surface area contributed by atoms with Gasteiger partial charge in [0.25, 0.3) is 0 Å². The first-order chi connectivity index (χ1) is 12.6. The van der Waals surface area contributed by atoms with Gasteiger partial charge in [0, 0.05) is 17.9 Å². The van der Waals surface area contributed by atoms with E-state index < -0.39 is 5.41 Å². The summed E-state index contributed by atoms with van der Waals surface area (Å²) in [6.07, 6.45) is 3.11. The second-order valence-electron chi connectivity index (χ2n) is 6.95. The van der Waals surface area contributed by atoms with Gasteiger partial charge >= 0.3 is 0 Å². The minimum Gasteiger partial charge on any atom is -0.497 e. The van der Waals surface area contributed by atoms with Gasteiger partial charge < -0.3 is 15.0 Å². The van der Waals surface area contributed by atoms with Crippen LogP contribution in [0.3, 0.4) is 0 Å². The summed E-state index contributed by atoms with van der Waals surface area (Å²) >= 11 is 0. The fourth-order valence-corrected chi connectivity index (χ4v) is 3.59. The zero-order valence-electron chi connectivity index (χ0n) is 14.8. The zero-order chi connectivity index (χ0) is 18.1. The van der Waals surface area contributed by atoms with Crippen molar-refractivity contribution in [2.45, 2.75) is 25.7 Å². The van der Waals surface area contributed by atoms with Crippen LogP contribution in [0, 0.1) is 5.41 Å². The molecule has 1 fully saturated rings. The summed E-state index contributed by atoms with van der Waals surface area (Å²) < 4.78 is 5.13. The fourth-order valence-electron chi connectivity index (χ4n) is 3.59. The maximum Gasteiger partial charge on any atom is 0.242 e. The zero-order valence-corrected chi connectivity index (χ0v) is 14.8. The SMILES string of the molecule is COc1ccc(NC(=O)C2(C(=O)N3CCCc4ccccc43)CC2)cc1. The largest absolute Gasteiger partial charge is 0.497 e. The highest BCUT2D eigenvalue weighted by molar-refractivity contribution is 6.18. The summed E-state index contributed by atoms with van der Waals surface area (Å²) in [5, 5.41) is 2.90. The van der Waals surface area contributed by atoms with Crippen molar-refractivity contribution in [2.75, 3.05) is 23.9 Å². The number of fused-ring (bicyclic) bond motifs is 1. The van der Waals surface area contributed by atoms with E-state index in [4.69, 9.17) is 4.74 Å². The third-order valence-electron chi connectivity index (χ3n) is 5.30. The lowest BCUT2D eigenvalue weighted by Gasteiger charge is -2.32. The Morgan fingerprint density at radius 1 is 1.08 bits per heavy atom. The number of ether oxygens (including phenoxy) is 1. The van der Waals surface area contributed by atoms with E-state index in [0.29, 0.717) is 25.1 Å². The molecule has 0 spiro atoms. The van der Waals surface area contributed by atoms with Crippen molar-refractivity contribution in [1.29, 1.82) is 0 Å². The predicted molar refractivity (Wildman–Crippen MR) is 100 cm³/mol. The molecule has 2 aliphatic rings. The van der Waals surface area contributed by atoms with E-state index in [1.165, 1.54) is 5.56 Å². The fraction of sp³-hybridized carbons (Fsp3) is 0.333. The Labute approximate surface area is 153 Å². The lowest BCUT2D eigenvalue weighted by atomic mass is 9.97. The second kappa shape index (κ2) is 6.48. The molecule has 0 aromatic heterocycles. The molecule has 0 saturated heterocycles. The molecule has 1 saturated carbocycles. The monoisotopic (exact) mass is 350 g/mol. The van der Waals surface area contributed by atoms with E-state index in [-0.39, 0.29) is 11.8 Å². The van der Waals surface area contributed by atoms with Crippen molar-refractivity contribution < 1.29 is 14.3 Å². The van der Waals surface area contributed by atoms with Crippen LogP contribution in [0.15, 0.2) is 48.5 Å². The van der Waals surface area contributed by atoms with E-state index >= 15 is 0 Å². The highest BCUT2D eigenvalue weighted by Gasteiger charge is 2.58. The number of benzene rings is 2. The number of amides is 2. The Morgan fingerprint density at radius 3 is 2.50 bits per heavy atom. The molecule has 4 rings (SSSR count). The average molecular weight is 350 g/mol. The van der Waals surface area contributed by atoms with Gasteiger partial charge in [0.1, 0.15) is 11.2 Å². The van der Waals surface area contributed by atoms with Crippen LogP contribution >= 0.6 is 0 Å². The third kappa shape index (κ3) is 2.83. The molecule has 0 bridgehead atoms. The maximum absolute atomic E-state index is 13.2. The minimum absolute atomic E-state index is 0.0735. The number of carbonyl (C=O) groups excluding carboxylic acids is 2. The van der Waals surface area contributed by atoms with E-state index in [9.17, 15) is 9.59 Å². The molecule has 0 radical (unpaired) electrons. The molecule has 0 atom stereocenters. The van der Waals surface area contributed by atoms with Crippen molar-refractivity contribution in [1.82, 2.24) is 0 Å². The summed E-state index contributed by atoms with van der Waals surface area (Å²) in [4.78, 5) is 27.9. The number of methoxy groups -OCH3 is 1. The van der Waals surface area contributed by atoms with Crippen LogP contribution in [0.2, 0.25) is 0 Å². The van der Waals surface area contributed by atoms with E-state index in [1.807, 2.05) is 18.2 Å². The van der Waals surface area contributed by atoms with Gasteiger partial charge in [0.05, 0.1) is 7.11 Å². The molecule has 1 N–H and O–H groups in total. The first kappa shape index (κ1) is 16.6. The van der Waals surface area contributed by atoms with Crippen LogP contribution in [0.1, 0.15) is 24.8 Å². The molecule has 0 unspecified atom stereocenters. The van der Waals surface area contributed by atoms with Gasteiger partial charge in [-0.3, -0.25) is 9.59 Å². The number of carbonyl (C=O) groups is 2. The number of anilines is 2. The van der Waals surface area contributed by atoms with Crippen LogP contribution in [-0.2, 0) is 16.0 Å². The smallest absolute Gasteiger partial charge is 0.242 e. The Hall–Kier alpha value is -2.82. The van der Waals surface area contributed by atoms with Crippen molar-refractivity contribution in [3.63, 3.8) is 0 Å². The second-order valence-corrected chi connectivity index (χ2v) is 6.95. The molecule has 26 heavy (non-hydrogen) atoms. The van der Waals surface area contributed by atoms with Gasteiger partial charge in [-0.15, -0.1) is 0 Å². The lowest BCUT2D eigenvalue weighted by Crippen LogP contribution is -2.45. The topological polar surface area (TPSA) is 58.6 Å². The van der Waals surface area contributed by atoms with Crippen molar-refractivity contribution in [2.24, 2.45) is 5.41 Å². The summed E-state index contributed by atoms with van der Waals surface area (Å²) in [5.41, 5.74) is 1.88. The van der Waals surface area contributed by atoms with Crippen molar-refractivity contribution >= 4 is 23.2 Å².